The lowest BCUT2D eigenvalue weighted by atomic mass is 10.1. The van der Waals surface area contributed by atoms with Gasteiger partial charge in [-0.25, -0.2) is 4.98 Å². The predicted octanol–water partition coefficient (Wildman–Crippen LogP) is 3.66. The molecule has 3 aromatic heterocycles. The minimum absolute atomic E-state index is 0.0235. The topological polar surface area (TPSA) is 105 Å². The van der Waals surface area contributed by atoms with Crippen molar-refractivity contribution in [2.45, 2.75) is 26.1 Å². The van der Waals surface area contributed by atoms with Gasteiger partial charge in [0, 0.05) is 5.56 Å². The summed E-state index contributed by atoms with van der Waals surface area (Å²) in [7, 11) is 0. The Labute approximate surface area is 189 Å². The number of halogens is 3. The van der Waals surface area contributed by atoms with Crippen molar-refractivity contribution in [2.75, 3.05) is 0 Å². The van der Waals surface area contributed by atoms with Crippen molar-refractivity contribution in [3.05, 3.63) is 82.2 Å². The molecule has 5 aromatic rings. The number of hydrogen-bond acceptors (Lipinski definition) is 7. The van der Waals surface area contributed by atoms with Crippen molar-refractivity contribution in [2.24, 2.45) is 0 Å². The van der Waals surface area contributed by atoms with Crippen molar-refractivity contribution < 1.29 is 17.7 Å². The lowest BCUT2D eigenvalue weighted by molar-refractivity contribution is -0.137. The Morgan fingerprint density at radius 1 is 1.09 bits per heavy atom. The van der Waals surface area contributed by atoms with Crippen LogP contribution in [0.4, 0.5) is 13.2 Å². The summed E-state index contributed by atoms with van der Waals surface area (Å²) in [6.45, 7) is 1.92. The number of aryl methyl sites for hydroxylation is 1. The molecule has 12 heteroatoms. The summed E-state index contributed by atoms with van der Waals surface area (Å²) >= 11 is 0. The Balaban J connectivity index is 1.43. The van der Waals surface area contributed by atoms with Gasteiger partial charge in [-0.05, 0) is 36.2 Å². The molecule has 2 aromatic carbocycles. The van der Waals surface area contributed by atoms with Crippen LogP contribution in [0.1, 0.15) is 23.9 Å². The number of rotatable bonds is 5. The van der Waals surface area contributed by atoms with Gasteiger partial charge in [-0.2, -0.15) is 22.8 Å². The number of fused-ring (bicyclic) bond motifs is 1. The highest BCUT2D eigenvalue weighted by atomic mass is 19.4. The zero-order valence-corrected chi connectivity index (χ0v) is 17.7. The maximum atomic E-state index is 13.0. The van der Waals surface area contributed by atoms with E-state index in [2.05, 4.69) is 32.4 Å². The van der Waals surface area contributed by atoms with Crippen molar-refractivity contribution in [1.82, 2.24) is 34.7 Å². The van der Waals surface area contributed by atoms with Crippen LogP contribution < -0.4 is 5.56 Å². The molecule has 0 saturated carbocycles. The highest BCUT2D eigenvalue weighted by Gasteiger charge is 2.30. The first-order chi connectivity index (χ1) is 16.3. The van der Waals surface area contributed by atoms with Crippen LogP contribution in [0.3, 0.4) is 0 Å². The molecule has 0 radical (unpaired) electrons. The normalized spacial score (nSPS) is 11.9. The Kier molecular flexibility index (Phi) is 5.19. The van der Waals surface area contributed by atoms with E-state index in [4.69, 9.17) is 4.52 Å². The van der Waals surface area contributed by atoms with Crippen LogP contribution in [0.5, 0.6) is 0 Å². The van der Waals surface area contributed by atoms with Gasteiger partial charge in [-0.3, -0.25) is 9.36 Å². The standard InChI is InChI=1S/C22H16F3N7O2/c1-2-13-6-8-16(9-7-13)32-20-18(28-30-32)21(33)31(12-26-20)11-17-27-19(29-34-17)14-4-3-5-15(10-14)22(23,24)25/h3-10,12H,2,11H2,1H3. The van der Waals surface area contributed by atoms with Gasteiger partial charge in [-0.1, -0.05) is 41.6 Å². The summed E-state index contributed by atoms with van der Waals surface area (Å²) in [6, 6.07) is 12.2. The quantitative estimate of drug-likeness (QED) is 0.389. The van der Waals surface area contributed by atoms with Crippen LogP contribution in [0.25, 0.3) is 28.2 Å². The second kappa shape index (κ2) is 8.21. The Morgan fingerprint density at radius 2 is 1.88 bits per heavy atom. The van der Waals surface area contributed by atoms with E-state index in [0.29, 0.717) is 11.3 Å². The second-order valence-electron chi connectivity index (χ2n) is 7.46. The van der Waals surface area contributed by atoms with Gasteiger partial charge in [-0.15, -0.1) is 5.10 Å². The minimum atomic E-state index is -4.49. The summed E-state index contributed by atoms with van der Waals surface area (Å²) in [4.78, 5) is 21.3. The molecule has 0 atom stereocenters. The molecule has 0 fully saturated rings. The van der Waals surface area contributed by atoms with Gasteiger partial charge >= 0.3 is 6.18 Å². The lowest BCUT2D eigenvalue weighted by Crippen LogP contribution is -2.21. The molecule has 0 bridgehead atoms. The molecule has 0 aliphatic heterocycles. The summed E-state index contributed by atoms with van der Waals surface area (Å²) in [5.74, 6) is 0.00265. The Hall–Kier alpha value is -4.35. The van der Waals surface area contributed by atoms with Gasteiger partial charge in [0.25, 0.3) is 5.56 Å². The summed E-state index contributed by atoms with van der Waals surface area (Å²) in [5, 5.41) is 11.8. The van der Waals surface area contributed by atoms with Crippen molar-refractivity contribution in [3.63, 3.8) is 0 Å². The molecule has 34 heavy (non-hydrogen) atoms. The van der Waals surface area contributed by atoms with Crippen LogP contribution in [0.15, 0.2) is 64.2 Å². The van der Waals surface area contributed by atoms with E-state index in [9.17, 15) is 18.0 Å². The Bertz CT molecular complexity index is 1530. The van der Waals surface area contributed by atoms with Gasteiger partial charge in [0.15, 0.2) is 11.2 Å². The van der Waals surface area contributed by atoms with Crippen LogP contribution in [-0.2, 0) is 19.1 Å². The zero-order chi connectivity index (χ0) is 23.9. The fourth-order valence-corrected chi connectivity index (χ4v) is 3.42. The van der Waals surface area contributed by atoms with Crippen LogP contribution in [0.2, 0.25) is 0 Å². The molecule has 5 rings (SSSR count). The molecular formula is C22H16F3N7O2. The average Bonchev–Trinajstić information content (AvgIpc) is 3.48. The SMILES string of the molecule is CCc1ccc(-n2nnc3c(=O)n(Cc4nc(-c5cccc(C(F)(F)F)c5)no4)cnc32)cc1. The zero-order valence-electron chi connectivity index (χ0n) is 17.7. The molecule has 172 valence electrons. The minimum Gasteiger partial charge on any atom is -0.337 e. The smallest absolute Gasteiger partial charge is 0.337 e. The monoisotopic (exact) mass is 467 g/mol. The molecule has 0 N–H and O–H groups in total. The van der Waals surface area contributed by atoms with Crippen LogP contribution in [-0.4, -0.2) is 34.7 Å². The lowest BCUT2D eigenvalue weighted by Gasteiger charge is -2.06. The largest absolute Gasteiger partial charge is 0.416 e. The Morgan fingerprint density at radius 3 is 2.62 bits per heavy atom. The first-order valence-corrected chi connectivity index (χ1v) is 10.2. The molecule has 0 spiro atoms. The summed E-state index contributed by atoms with van der Waals surface area (Å²) in [5.41, 5.74) is 1.07. The molecule has 0 amide bonds. The number of nitrogens with zero attached hydrogens (tertiary/aromatic N) is 7. The molecule has 0 unspecified atom stereocenters. The first-order valence-electron chi connectivity index (χ1n) is 10.2. The second-order valence-corrected chi connectivity index (χ2v) is 7.46. The van der Waals surface area contributed by atoms with E-state index < -0.39 is 17.3 Å². The molecule has 9 nitrogen and oxygen atoms in total. The van der Waals surface area contributed by atoms with E-state index in [0.717, 1.165) is 24.1 Å². The van der Waals surface area contributed by atoms with E-state index >= 15 is 0 Å². The predicted molar refractivity (Wildman–Crippen MR) is 114 cm³/mol. The maximum absolute atomic E-state index is 13.0. The third-order valence-electron chi connectivity index (χ3n) is 5.24. The first kappa shape index (κ1) is 21.5. The highest BCUT2D eigenvalue weighted by Crippen LogP contribution is 2.31. The summed E-state index contributed by atoms with van der Waals surface area (Å²) in [6.07, 6.45) is -2.29. The van der Waals surface area contributed by atoms with Gasteiger partial charge in [0.1, 0.15) is 12.9 Å². The number of benzene rings is 2. The fraction of sp³-hybridized carbons (Fsp3) is 0.182. The fourth-order valence-electron chi connectivity index (χ4n) is 3.42. The number of aromatic nitrogens is 7. The average molecular weight is 467 g/mol. The van der Waals surface area contributed by atoms with Crippen molar-refractivity contribution in [1.29, 1.82) is 0 Å². The van der Waals surface area contributed by atoms with E-state index in [1.807, 2.05) is 24.3 Å². The van der Waals surface area contributed by atoms with E-state index in [1.54, 1.807) is 0 Å². The maximum Gasteiger partial charge on any atom is 0.416 e. The number of alkyl halides is 3. The van der Waals surface area contributed by atoms with E-state index in [1.165, 1.54) is 27.7 Å². The van der Waals surface area contributed by atoms with Gasteiger partial charge in [0.2, 0.25) is 11.7 Å². The van der Waals surface area contributed by atoms with Gasteiger partial charge < -0.3 is 4.52 Å². The molecule has 0 saturated heterocycles. The molecule has 0 aliphatic rings. The molecular weight excluding hydrogens is 451 g/mol. The number of hydrogen-bond donors (Lipinski definition) is 0. The van der Waals surface area contributed by atoms with Crippen molar-refractivity contribution >= 4 is 11.2 Å². The molecule has 3 heterocycles. The van der Waals surface area contributed by atoms with Gasteiger partial charge in [0.05, 0.1) is 11.3 Å². The third kappa shape index (κ3) is 3.93. The highest BCUT2D eigenvalue weighted by molar-refractivity contribution is 5.70. The van der Waals surface area contributed by atoms with Crippen LogP contribution >= 0.6 is 0 Å². The third-order valence-corrected chi connectivity index (χ3v) is 5.24. The van der Waals surface area contributed by atoms with Crippen LogP contribution in [0, 0.1) is 0 Å². The van der Waals surface area contributed by atoms with E-state index in [-0.39, 0.29) is 29.3 Å². The summed E-state index contributed by atoms with van der Waals surface area (Å²) < 4.78 is 46.7. The molecule has 0 aliphatic carbocycles. The van der Waals surface area contributed by atoms with Crippen molar-refractivity contribution in [3.8, 4) is 17.1 Å².